The predicted molar refractivity (Wildman–Crippen MR) is 75.3 cm³/mol. The molecule has 6 heteroatoms. The second kappa shape index (κ2) is 6.45. The van der Waals surface area contributed by atoms with Crippen molar-refractivity contribution in [2.24, 2.45) is 16.6 Å². The third-order valence-electron chi connectivity index (χ3n) is 3.43. The highest BCUT2D eigenvalue weighted by Gasteiger charge is 2.17. The Morgan fingerprint density at radius 2 is 2.40 bits per heavy atom. The average molecular weight is 279 g/mol. The normalized spacial score (nSPS) is 20.0. The Kier molecular flexibility index (Phi) is 4.65. The highest BCUT2D eigenvalue weighted by atomic mass is 16.5. The van der Waals surface area contributed by atoms with E-state index in [4.69, 9.17) is 10.2 Å². The first-order valence-electron chi connectivity index (χ1n) is 6.82. The second-order valence-electron chi connectivity index (χ2n) is 5.13. The molecule has 1 atom stereocenters. The lowest BCUT2D eigenvalue weighted by atomic mass is 10.0. The molecule has 1 saturated heterocycles. The molecule has 1 fully saturated rings. The van der Waals surface area contributed by atoms with Crippen LogP contribution in [0.3, 0.4) is 0 Å². The zero-order chi connectivity index (χ0) is 14.5. The van der Waals surface area contributed by atoms with Gasteiger partial charge in [0.1, 0.15) is 12.3 Å². The molecule has 0 aliphatic carbocycles. The Morgan fingerprint density at radius 1 is 1.60 bits per heavy atom. The number of carbonyl (C=O) groups is 1. The summed E-state index contributed by atoms with van der Waals surface area (Å²) in [6.07, 6.45) is 2.38. The van der Waals surface area contributed by atoms with Gasteiger partial charge < -0.3 is 19.8 Å². The Hall–Kier alpha value is -1.98. The van der Waals surface area contributed by atoms with Crippen molar-refractivity contribution >= 4 is 11.9 Å². The number of aliphatic imine (C=N–C) groups is 1. The number of piperidine rings is 1. The summed E-state index contributed by atoms with van der Waals surface area (Å²) in [6, 6.07) is 3.29. The molecule has 20 heavy (non-hydrogen) atoms. The summed E-state index contributed by atoms with van der Waals surface area (Å²) in [5, 5.41) is 0. The topological polar surface area (TPSA) is 81.1 Å². The number of rotatable bonds is 3. The van der Waals surface area contributed by atoms with Crippen molar-refractivity contribution < 1.29 is 13.9 Å². The van der Waals surface area contributed by atoms with Crippen molar-refractivity contribution in [1.29, 1.82) is 0 Å². The fraction of sp³-hybridized carbons (Fsp3) is 0.571. The van der Waals surface area contributed by atoms with Crippen LogP contribution in [0.5, 0.6) is 0 Å². The molecule has 6 nitrogen and oxygen atoms in total. The molecule has 0 spiro atoms. The van der Waals surface area contributed by atoms with Gasteiger partial charge in [-0.3, -0.25) is 0 Å². The second-order valence-corrected chi connectivity index (χ2v) is 5.13. The minimum absolute atomic E-state index is 0.183. The monoisotopic (exact) mass is 279 g/mol. The van der Waals surface area contributed by atoms with E-state index in [0.29, 0.717) is 24.2 Å². The van der Waals surface area contributed by atoms with E-state index >= 15 is 0 Å². The zero-order valence-electron chi connectivity index (χ0n) is 12.0. The van der Waals surface area contributed by atoms with Crippen LogP contribution in [0.2, 0.25) is 0 Å². The average Bonchev–Trinajstić information content (AvgIpc) is 2.92. The summed E-state index contributed by atoms with van der Waals surface area (Å²) in [7, 11) is 1.32. The first-order chi connectivity index (χ1) is 9.60. The van der Waals surface area contributed by atoms with Crippen molar-refractivity contribution in [3.8, 4) is 0 Å². The lowest BCUT2D eigenvalue weighted by molar-refractivity contribution is 0.0563. The van der Waals surface area contributed by atoms with E-state index in [2.05, 4.69) is 21.6 Å². The molecule has 1 aromatic rings. The van der Waals surface area contributed by atoms with E-state index in [9.17, 15) is 4.79 Å². The molecule has 110 valence electrons. The third kappa shape index (κ3) is 3.53. The molecule has 2 N–H and O–H groups in total. The van der Waals surface area contributed by atoms with Crippen molar-refractivity contribution in [3.63, 3.8) is 0 Å². The number of methoxy groups -OCH3 is 1. The van der Waals surface area contributed by atoms with E-state index in [1.807, 2.05) is 0 Å². The van der Waals surface area contributed by atoms with Crippen molar-refractivity contribution in [1.82, 2.24) is 4.90 Å². The van der Waals surface area contributed by atoms with Crippen LogP contribution in [-0.2, 0) is 11.3 Å². The SMILES string of the molecule is COC(=O)c1ccc(CN=C(N)N2CCCC(C)C2)o1. The number of esters is 1. The summed E-state index contributed by atoms with van der Waals surface area (Å²) < 4.78 is 9.92. The van der Waals surface area contributed by atoms with Gasteiger partial charge in [0.15, 0.2) is 5.96 Å². The predicted octanol–water partition coefficient (Wildman–Crippen LogP) is 1.61. The smallest absolute Gasteiger partial charge is 0.373 e. The first kappa shape index (κ1) is 14.4. The maximum Gasteiger partial charge on any atom is 0.373 e. The minimum atomic E-state index is -0.488. The van der Waals surface area contributed by atoms with Crippen LogP contribution < -0.4 is 5.73 Å². The summed E-state index contributed by atoms with van der Waals surface area (Å²) >= 11 is 0. The standard InChI is InChI=1S/C14H21N3O3/c1-10-4-3-7-17(9-10)14(15)16-8-11-5-6-12(20-11)13(18)19-2/h5-6,10H,3-4,7-9H2,1-2H3,(H2,15,16). The van der Waals surface area contributed by atoms with E-state index < -0.39 is 5.97 Å². The number of furan rings is 1. The summed E-state index contributed by atoms with van der Waals surface area (Å²) in [5.74, 6) is 1.47. The Morgan fingerprint density at radius 3 is 3.10 bits per heavy atom. The molecular weight excluding hydrogens is 258 g/mol. The molecular formula is C14H21N3O3. The van der Waals surface area contributed by atoms with Gasteiger partial charge in [0.05, 0.1) is 7.11 Å². The van der Waals surface area contributed by atoms with Gasteiger partial charge in [-0.2, -0.15) is 0 Å². The summed E-state index contributed by atoms with van der Waals surface area (Å²) in [6.45, 7) is 4.44. The summed E-state index contributed by atoms with van der Waals surface area (Å²) in [4.78, 5) is 17.7. The van der Waals surface area contributed by atoms with Gasteiger partial charge >= 0.3 is 5.97 Å². The molecule has 2 rings (SSSR count). The maximum atomic E-state index is 11.3. The van der Waals surface area contributed by atoms with Gasteiger partial charge in [0, 0.05) is 13.1 Å². The van der Waals surface area contributed by atoms with E-state index in [1.165, 1.54) is 13.5 Å². The van der Waals surface area contributed by atoms with Crippen LogP contribution in [-0.4, -0.2) is 37.0 Å². The van der Waals surface area contributed by atoms with Crippen LogP contribution in [0.4, 0.5) is 0 Å². The Balaban J connectivity index is 1.94. The number of hydrogen-bond donors (Lipinski definition) is 1. The van der Waals surface area contributed by atoms with Crippen LogP contribution in [0.1, 0.15) is 36.1 Å². The van der Waals surface area contributed by atoms with Gasteiger partial charge in [0.2, 0.25) is 5.76 Å². The molecule has 0 radical (unpaired) electrons. The third-order valence-corrected chi connectivity index (χ3v) is 3.43. The quantitative estimate of drug-likeness (QED) is 0.516. The number of carbonyl (C=O) groups excluding carboxylic acids is 1. The number of likely N-dealkylation sites (tertiary alicyclic amines) is 1. The van der Waals surface area contributed by atoms with Crippen molar-refractivity contribution in [2.45, 2.75) is 26.3 Å². The van der Waals surface area contributed by atoms with Gasteiger partial charge in [0.25, 0.3) is 0 Å². The van der Waals surface area contributed by atoms with Crippen LogP contribution in [0.25, 0.3) is 0 Å². The number of nitrogens with two attached hydrogens (primary N) is 1. The molecule has 0 saturated carbocycles. The Bertz CT molecular complexity index is 496. The molecule has 1 aromatic heterocycles. The zero-order valence-corrected chi connectivity index (χ0v) is 12.0. The van der Waals surface area contributed by atoms with Crippen LogP contribution in [0, 0.1) is 5.92 Å². The molecule has 0 bridgehead atoms. The highest BCUT2D eigenvalue weighted by Crippen LogP contribution is 2.15. The first-order valence-corrected chi connectivity index (χ1v) is 6.82. The molecule has 1 aliphatic rings. The van der Waals surface area contributed by atoms with Gasteiger partial charge in [-0.05, 0) is 30.9 Å². The number of guanidine groups is 1. The van der Waals surface area contributed by atoms with Crippen molar-refractivity contribution in [2.75, 3.05) is 20.2 Å². The largest absolute Gasteiger partial charge is 0.463 e. The molecule has 0 amide bonds. The molecule has 2 heterocycles. The van der Waals surface area contributed by atoms with E-state index in [-0.39, 0.29) is 5.76 Å². The van der Waals surface area contributed by atoms with Crippen molar-refractivity contribution in [3.05, 3.63) is 23.7 Å². The van der Waals surface area contributed by atoms with Gasteiger partial charge in [-0.25, -0.2) is 9.79 Å². The number of ether oxygens (including phenoxy) is 1. The molecule has 1 unspecified atom stereocenters. The lowest BCUT2D eigenvalue weighted by Gasteiger charge is -2.31. The van der Waals surface area contributed by atoms with E-state index in [1.54, 1.807) is 12.1 Å². The fourth-order valence-electron chi connectivity index (χ4n) is 2.33. The van der Waals surface area contributed by atoms with Crippen LogP contribution in [0.15, 0.2) is 21.5 Å². The molecule has 1 aliphatic heterocycles. The maximum absolute atomic E-state index is 11.3. The number of nitrogens with zero attached hydrogens (tertiary/aromatic N) is 2. The highest BCUT2D eigenvalue weighted by molar-refractivity contribution is 5.86. The van der Waals surface area contributed by atoms with Crippen LogP contribution >= 0.6 is 0 Å². The molecule has 0 aromatic carbocycles. The van der Waals surface area contributed by atoms with Gasteiger partial charge in [-0.15, -0.1) is 0 Å². The Labute approximate surface area is 118 Å². The fourth-order valence-corrected chi connectivity index (χ4v) is 2.33. The minimum Gasteiger partial charge on any atom is -0.463 e. The van der Waals surface area contributed by atoms with E-state index in [0.717, 1.165) is 19.5 Å². The van der Waals surface area contributed by atoms with Gasteiger partial charge in [-0.1, -0.05) is 6.92 Å². The lowest BCUT2D eigenvalue weighted by Crippen LogP contribution is -2.43. The number of hydrogen-bond acceptors (Lipinski definition) is 4. The summed E-state index contributed by atoms with van der Waals surface area (Å²) in [5.41, 5.74) is 5.99.